The predicted octanol–water partition coefficient (Wildman–Crippen LogP) is 4.58. The third kappa shape index (κ3) is 5.39. The summed E-state index contributed by atoms with van der Waals surface area (Å²) < 4.78 is 5.51. The number of aryl methyl sites for hydroxylation is 1. The zero-order valence-corrected chi connectivity index (χ0v) is 20.3. The normalized spacial score (nSPS) is 17.4. The second kappa shape index (κ2) is 11.7. The number of carbonyl (C=O) groups excluding carboxylic acids is 2. The minimum Gasteiger partial charge on any atom is -0.507 e. The summed E-state index contributed by atoms with van der Waals surface area (Å²) in [4.78, 5) is 30.1. The van der Waals surface area contributed by atoms with E-state index in [1.54, 1.807) is 35.2 Å². The standard InChI is InChI=1S/C28H34N2O4/c1-5-19-34-23-15-13-22(14-16-23)26(31)24-25(21-11-9-20(6-2)10-12-21)30(28(33)27(24)32)18-17-29(7-3)8-4/h5,9-16,25,31H,1,6-8,17-19H2,2-4H3/b26-24+. The molecule has 6 heteroatoms. The molecule has 0 spiro atoms. The van der Waals surface area contributed by atoms with Crippen molar-refractivity contribution in [2.24, 2.45) is 0 Å². The van der Waals surface area contributed by atoms with Gasteiger partial charge in [0.05, 0.1) is 11.6 Å². The number of ketones is 1. The van der Waals surface area contributed by atoms with E-state index in [4.69, 9.17) is 4.74 Å². The van der Waals surface area contributed by atoms with E-state index in [2.05, 4.69) is 32.3 Å². The SMILES string of the molecule is C=CCOc1ccc(/C(O)=C2\C(=O)C(=O)N(CCN(CC)CC)C2c2ccc(CC)cc2)cc1. The Kier molecular flexibility index (Phi) is 8.66. The van der Waals surface area contributed by atoms with Crippen molar-refractivity contribution in [3.05, 3.63) is 83.4 Å². The molecule has 1 aliphatic rings. The number of likely N-dealkylation sites (N-methyl/N-ethyl adjacent to an activating group) is 1. The number of nitrogens with zero attached hydrogens (tertiary/aromatic N) is 2. The van der Waals surface area contributed by atoms with Crippen molar-refractivity contribution < 1.29 is 19.4 Å². The molecule has 180 valence electrons. The van der Waals surface area contributed by atoms with Gasteiger partial charge in [0.2, 0.25) is 0 Å². The first-order chi connectivity index (χ1) is 16.4. The first kappa shape index (κ1) is 25.2. The highest BCUT2D eigenvalue weighted by molar-refractivity contribution is 6.46. The highest BCUT2D eigenvalue weighted by Gasteiger charge is 2.45. The summed E-state index contributed by atoms with van der Waals surface area (Å²) in [7, 11) is 0. The molecule has 1 amide bonds. The molecule has 0 saturated carbocycles. The van der Waals surface area contributed by atoms with E-state index in [1.165, 1.54) is 5.56 Å². The fraction of sp³-hybridized carbons (Fsp3) is 0.357. The summed E-state index contributed by atoms with van der Waals surface area (Å²) in [5, 5.41) is 11.2. The molecule has 1 saturated heterocycles. The molecular weight excluding hydrogens is 428 g/mol. The molecule has 0 aliphatic carbocycles. The summed E-state index contributed by atoms with van der Waals surface area (Å²) in [6.45, 7) is 13.0. The largest absolute Gasteiger partial charge is 0.507 e. The van der Waals surface area contributed by atoms with Crippen LogP contribution in [-0.4, -0.2) is 59.4 Å². The molecule has 0 bridgehead atoms. The summed E-state index contributed by atoms with van der Waals surface area (Å²) in [5.74, 6) is -0.788. The zero-order valence-electron chi connectivity index (χ0n) is 20.3. The number of aliphatic hydroxyl groups is 1. The van der Waals surface area contributed by atoms with Gasteiger partial charge in [-0.2, -0.15) is 0 Å². The quantitative estimate of drug-likeness (QED) is 0.229. The number of Topliss-reactive ketones (excluding diaryl/α,β-unsaturated/α-hetero) is 1. The minimum atomic E-state index is -0.659. The third-order valence-electron chi connectivity index (χ3n) is 6.29. The van der Waals surface area contributed by atoms with Crippen molar-refractivity contribution in [1.82, 2.24) is 9.80 Å². The Labute approximate surface area is 202 Å². The molecule has 1 heterocycles. The lowest BCUT2D eigenvalue weighted by atomic mass is 9.94. The molecule has 1 unspecified atom stereocenters. The predicted molar refractivity (Wildman–Crippen MR) is 135 cm³/mol. The number of aliphatic hydroxyl groups excluding tert-OH is 1. The van der Waals surface area contributed by atoms with E-state index in [1.807, 2.05) is 24.3 Å². The number of hydrogen-bond acceptors (Lipinski definition) is 5. The molecule has 6 nitrogen and oxygen atoms in total. The minimum absolute atomic E-state index is 0.119. The van der Waals surface area contributed by atoms with Gasteiger partial charge in [-0.25, -0.2) is 0 Å². The van der Waals surface area contributed by atoms with Gasteiger partial charge in [0.15, 0.2) is 0 Å². The number of benzene rings is 2. The number of ether oxygens (including phenoxy) is 1. The Morgan fingerprint density at radius 2 is 1.71 bits per heavy atom. The molecule has 1 atom stereocenters. The fourth-order valence-electron chi connectivity index (χ4n) is 4.20. The van der Waals surface area contributed by atoms with Gasteiger partial charge in [0.25, 0.3) is 11.7 Å². The Bertz CT molecular complexity index is 1040. The van der Waals surface area contributed by atoms with Crippen LogP contribution in [0.25, 0.3) is 5.76 Å². The first-order valence-electron chi connectivity index (χ1n) is 11.9. The maximum atomic E-state index is 13.2. The van der Waals surface area contributed by atoms with E-state index in [9.17, 15) is 14.7 Å². The van der Waals surface area contributed by atoms with Gasteiger partial charge in [0.1, 0.15) is 18.1 Å². The van der Waals surface area contributed by atoms with Gasteiger partial charge in [-0.3, -0.25) is 9.59 Å². The van der Waals surface area contributed by atoms with Crippen LogP contribution in [0.15, 0.2) is 66.8 Å². The monoisotopic (exact) mass is 462 g/mol. The number of rotatable bonds is 11. The molecule has 1 fully saturated rings. The van der Waals surface area contributed by atoms with Crippen LogP contribution in [0, 0.1) is 0 Å². The third-order valence-corrected chi connectivity index (χ3v) is 6.29. The maximum Gasteiger partial charge on any atom is 0.295 e. The summed E-state index contributed by atoms with van der Waals surface area (Å²) >= 11 is 0. The Balaban J connectivity index is 2.03. The van der Waals surface area contributed by atoms with E-state index in [0.717, 1.165) is 25.1 Å². The van der Waals surface area contributed by atoms with Crippen molar-refractivity contribution in [2.45, 2.75) is 33.2 Å². The summed E-state index contributed by atoms with van der Waals surface area (Å²) in [6.07, 6.45) is 2.54. The van der Waals surface area contributed by atoms with E-state index in [-0.39, 0.29) is 11.3 Å². The second-order valence-corrected chi connectivity index (χ2v) is 8.24. The van der Waals surface area contributed by atoms with Crippen LogP contribution in [0.4, 0.5) is 0 Å². The average Bonchev–Trinajstić information content (AvgIpc) is 3.13. The van der Waals surface area contributed by atoms with Gasteiger partial charge in [-0.05, 0) is 54.9 Å². The highest BCUT2D eigenvalue weighted by Crippen LogP contribution is 2.39. The molecule has 0 aromatic heterocycles. The van der Waals surface area contributed by atoms with E-state index < -0.39 is 17.7 Å². The van der Waals surface area contributed by atoms with Crippen LogP contribution in [-0.2, 0) is 16.0 Å². The van der Waals surface area contributed by atoms with Crippen LogP contribution >= 0.6 is 0 Å². The first-order valence-corrected chi connectivity index (χ1v) is 11.9. The van der Waals surface area contributed by atoms with Crippen molar-refractivity contribution in [3.8, 4) is 5.75 Å². The molecule has 2 aromatic carbocycles. The van der Waals surface area contributed by atoms with Gasteiger partial charge >= 0.3 is 0 Å². The Morgan fingerprint density at radius 1 is 1.06 bits per heavy atom. The molecule has 34 heavy (non-hydrogen) atoms. The van der Waals surface area contributed by atoms with Crippen LogP contribution in [0.1, 0.15) is 43.5 Å². The van der Waals surface area contributed by atoms with Crippen molar-refractivity contribution >= 4 is 17.4 Å². The Morgan fingerprint density at radius 3 is 2.26 bits per heavy atom. The van der Waals surface area contributed by atoms with Crippen LogP contribution in [0.2, 0.25) is 0 Å². The van der Waals surface area contributed by atoms with E-state index in [0.29, 0.717) is 31.0 Å². The van der Waals surface area contributed by atoms with Crippen molar-refractivity contribution in [3.63, 3.8) is 0 Å². The number of amides is 1. The van der Waals surface area contributed by atoms with Crippen LogP contribution in [0.3, 0.4) is 0 Å². The molecule has 1 aliphatic heterocycles. The van der Waals surface area contributed by atoms with Crippen molar-refractivity contribution in [2.75, 3.05) is 32.8 Å². The molecule has 1 N–H and O–H groups in total. The van der Waals surface area contributed by atoms with Crippen molar-refractivity contribution in [1.29, 1.82) is 0 Å². The lowest BCUT2D eigenvalue weighted by Gasteiger charge is -2.28. The van der Waals surface area contributed by atoms with Gasteiger partial charge in [-0.1, -0.05) is 57.7 Å². The average molecular weight is 463 g/mol. The summed E-state index contributed by atoms with van der Waals surface area (Å²) in [5.41, 5.74) is 2.55. The Hall–Kier alpha value is -3.38. The molecular formula is C28H34N2O4. The van der Waals surface area contributed by atoms with Gasteiger partial charge < -0.3 is 19.6 Å². The van der Waals surface area contributed by atoms with E-state index >= 15 is 0 Å². The van der Waals surface area contributed by atoms with Gasteiger partial charge in [-0.15, -0.1) is 0 Å². The second-order valence-electron chi connectivity index (χ2n) is 8.24. The zero-order chi connectivity index (χ0) is 24.7. The highest BCUT2D eigenvalue weighted by atomic mass is 16.5. The topological polar surface area (TPSA) is 70.1 Å². The fourth-order valence-corrected chi connectivity index (χ4v) is 4.20. The van der Waals surface area contributed by atoms with Crippen LogP contribution in [0.5, 0.6) is 5.75 Å². The number of carbonyl (C=O) groups is 2. The lowest BCUT2D eigenvalue weighted by molar-refractivity contribution is -0.140. The number of hydrogen-bond donors (Lipinski definition) is 1. The van der Waals surface area contributed by atoms with Crippen LogP contribution < -0.4 is 4.74 Å². The maximum absolute atomic E-state index is 13.2. The smallest absolute Gasteiger partial charge is 0.295 e. The van der Waals surface area contributed by atoms with Gasteiger partial charge in [0, 0.05) is 18.7 Å². The summed E-state index contributed by atoms with van der Waals surface area (Å²) in [6, 6.07) is 14.1. The number of likely N-dealkylation sites (tertiary alicyclic amines) is 1. The lowest BCUT2D eigenvalue weighted by Crippen LogP contribution is -2.38. The molecule has 2 aromatic rings. The molecule has 0 radical (unpaired) electrons. The molecule has 3 rings (SSSR count).